The van der Waals surface area contributed by atoms with Crippen molar-refractivity contribution in [1.29, 1.82) is 0 Å². The van der Waals surface area contributed by atoms with Gasteiger partial charge in [-0.1, -0.05) is 32.4 Å². The zero-order valence-electron chi connectivity index (χ0n) is 22.0. The molecule has 0 saturated carbocycles. The standard InChI is InChI=1S/C26H36ClF3N2O4/c1-22(2,3)25(10-8-11-32(25)21(34)36-23(4,5)6)19-14-17(27)13-16-9-12-31(15-18(16)19)20(33)24(7,35)26(28,29)30/h13-14,35H,8-12,15H2,1-7H3. The third-order valence-electron chi connectivity index (χ3n) is 7.24. The Kier molecular flexibility index (Phi) is 7.21. The zero-order chi connectivity index (χ0) is 27.5. The molecule has 3 rings (SSSR count). The van der Waals surface area contributed by atoms with Gasteiger partial charge in [0.1, 0.15) is 5.60 Å². The fourth-order valence-electron chi connectivity index (χ4n) is 5.45. The molecule has 2 unspecified atom stereocenters. The fraction of sp³-hybridized carbons (Fsp3) is 0.692. The van der Waals surface area contributed by atoms with E-state index >= 15 is 0 Å². The fourth-order valence-corrected chi connectivity index (χ4v) is 5.69. The van der Waals surface area contributed by atoms with Crippen molar-refractivity contribution in [3.05, 3.63) is 33.8 Å². The third kappa shape index (κ3) is 4.93. The van der Waals surface area contributed by atoms with Crippen LogP contribution in [0.5, 0.6) is 0 Å². The molecule has 2 amide bonds. The van der Waals surface area contributed by atoms with Gasteiger partial charge in [0.2, 0.25) is 5.60 Å². The second-order valence-electron chi connectivity index (χ2n) is 12.0. The minimum atomic E-state index is -5.11. The van der Waals surface area contributed by atoms with Crippen LogP contribution in [0.3, 0.4) is 0 Å². The number of hydrogen-bond acceptors (Lipinski definition) is 4. The first-order valence-electron chi connectivity index (χ1n) is 12.1. The maximum absolute atomic E-state index is 13.4. The Bertz CT molecular complexity index is 1040. The van der Waals surface area contributed by atoms with E-state index in [9.17, 15) is 27.9 Å². The summed E-state index contributed by atoms with van der Waals surface area (Å²) in [5, 5.41) is 10.5. The molecule has 0 spiro atoms. The number of nitrogens with zero attached hydrogens (tertiary/aromatic N) is 2. The highest BCUT2D eigenvalue weighted by Gasteiger charge is 2.58. The molecule has 10 heteroatoms. The Morgan fingerprint density at radius 1 is 1.06 bits per heavy atom. The molecule has 1 fully saturated rings. The summed E-state index contributed by atoms with van der Waals surface area (Å²) in [6, 6.07) is 3.51. The smallest absolute Gasteiger partial charge is 0.426 e. The predicted molar refractivity (Wildman–Crippen MR) is 131 cm³/mol. The third-order valence-corrected chi connectivity index (χ3v) is 7.46. The van der Waals surface area contributed by atoms with Gasteiger partial charge in [-0.2, -0.15) is 13.2 Å². The van der Waals surface area contributed by atoms with Crippen LogP contribution >= 0.6 is 11.6 Å². The van der Waals surface area contributed by atoms with Crippen LogP contribution in [0.1, 0.15) is 78.0 Å². The molecule has 202 valence electrons. The van der Waals surface area contributed by atoms with E-state index in [1.165, 1.54) is 0 Å². The molecule has 0 radical (unpaired) electrons. The van der Waals surface area contributed by atoms with Crippen LogP contribution in [0.4, 0.5) is 18.0 Å². The number of carbonyl (C=O) groups is 2. The predicted octanol–water partition coefficient (Wildman–Crippen LogP) is 5.81. The van der Waals surface area contributed by atoms with Gasteiger partial charge in [-0.3, -0.25) is 9.69 Å². The second kappa shape index (κ2) is 9.08. The maximum Gasteiger partial charge on any atom is 0.426 e. The van der Waals surface area contributed by atoms with Gasteiger partial charge in [0.15, 0.2) is 0 Å². The van der Waals surface area contributed by atoms with E-state index in [0.29, 0.717) is 42.5 Å². The lowest BCUT2D eigenvalue weighted by Crippen LogP contribution is -2.57. The number of halogens is 4. The Labute approximate surface area is 215 Å². The highest BCUT2D eigenvalue weighted by atomic mass is 35.5. The molecule has 2 heterocycles. The van der Waals surface area contributed by atoms with Crippen molar-refractivity contribution in [2.75, 3.05) is 13.1 Å². The van der Waals surface area contributed by atoms with Crippen LogP contribution in [0.2, 0.25) is 5.02 Å². The van der Waals surface area contributed by atoms with Gasteiger partial charge in [0, 0.05) is 24.7 Å². The highest BCUT2D eigenvalue weighted by molar-refractivity contribution is 6.30. The van der Waals surface area contributed by atoms with E-state index in [-0.39, 0.29) is 19.5 Å². The quantitative estimate of drug-likeness (QED) is 0.522. The Morgan fingerprint density at radius 2 is 1.67 bits per heavy atom. The Hall–Kier alpha value is -2.00. The number of rotatable bonds is 2. The summed E-state index contributed by atoms with van der Waals surface area (Å²) in [5.74, 6) is -1.40. The molecule has 1 aromatic carbocycles. The summed E-state index contributed by atoms with van der Waals surface area (Å²) in [5.41, 5.74) is -3.44. The molecule has 1 N–H and O–H groups in total. The lowest BCUT2D eigenvalue weighted by atomic mass is 9.65. The largest absolute Gasteiger partial charge is 0.444 e. The first-order chi connectivity index (χ1) is 16.2. The number of alkyl halides is 3. The number of carbonyl (C=O) groups excluding carboxylic acids is 2. The molecule has 1 aromatic rings. The van der Waals surface area contributed by atoms with E-state index in [1.807, 2.05) is 20.8 Å². The summed E-state index contributed by atoms with van der Waals surface area (Å²) < 4.78 is 46.0. The van der Waals surface area contributed by atoms with Gasteiger partial charge >= 0.3 is 12.3 Å². The summed E-state index contributed by atoms with van der Waals surface area (Å²) in [6.45, 7) is 12.2. The molecule has 2 aliphatic rings. The SMILES string of the molecule is CC(C)(C)OC(=O)N1CCCC1(c1cc(Cl)cc2c1CN(C(=O)C(C)(O)C(F)(F)F)CC2)C(C)(C)C. The molecule has 0 aliphatic carbocycles. The Morgan fingerprint density at radius 3 is 2.19 bits per heavy atom. The van der Waals surface area contributed by atoms with Crippen molar-refractivity contribution in [2.45, 2.75) is 97.2 Å². The molecule has 2 aliphatic heterocycles. The van der Waals surface area contributed by atoms with Crippen LogP contribution < -0.4 is 0 Å². The van der Waals surface area contributed by atoms with E-state index in [0.717, 1.165) is 10.5 Å². The molecule has 1 saturated heterocycles. The lowest BCUT2D eigenvalue weighted by Gasteiger charge is -2.50. The van der Waals surface area contributed by atoms with Crippen molar-refractivity contribution in [1.82, 2.24) is 9.80 Å². The van der Waals surface area contributed by atoms with Crippen LogP contribution in [0.15, 0.2) is 12.1 Å². The molecular formula is C26H36ClF3N2O4. The number of hydrogen-bond donors (Lipinski definition) is 1. The van der Waals surface area contributed by atoms with Gasteiger partial charge in [-0.05, 0) is 81.2 Å². The van der Waals surface area contributed by atoms with Crippen LogP contribution in [0.25, 0.3) is 0 Å². The summed E-state index contributed by atoms with van der Waals surface area (Å²) in [7, 11) is 0. The van der Waals surface area contributed by atoms with E-state index in [2.05, 4.69) is 0 Å². The number of ether oxygens (including phenoxy) is 1. The average molecular weight is 533 g/mol. The monoisotopic (exact) mass is 532 g/mol. The van der Waals surface area contributed by atoms with E-state index in [1.54, 1.807) is 37.8 Å². The zero-order valence-corrected chi connectivity index (χ0v) is 22.7. The minimum Gasteiger partial charge on any atom is -0.444 e. The topological polar surface area (TPSA) is 70.1 Å². The van der Waals surface area contributed by atoms with Crippen LogP contribution in [0, 0.1) is 5.41 Å². The van der Waals surface area contributed by atoms with Crippen molar-refractivity contribution < 1.29 is 32.6 Å². The van der Waals surface area contributed by atoms with Gasteiger partial charge in [0.25, 0.3) is 5.91 Å². The number of likely N-dealkylation sites (tertiary alicyclic amines) is 1. The van der Waals surface area contributed by atoms with Crippen LogP contribution in [-0.2, 0) is 28.0 Å². The summed E-state index contributed by atoms with van der Waals surface area (Å²) in [4.78, 5) is 29.0. The maximum atomic E-state index is 13.4. The molecule has 0 aromatic heterocycles. The van der Waals surface area contributed by atoms with Crippen molar-refractivity contribution in [3.63, 3.8) is 0 Å². The van der Waals surface area contributed by atoms with E-state index in [4.69, 9.17) is 16.3 Å². The first kappa shape index (κ1) is 28.6. The average Bonchev–Trinajstić information content (AvgIpc) is 3.16. The molecular weight excluding hydrogens is 497 g/mol. The minimum absolute atomic E-state index is 0.0101. The van der Waals surface area contributed by atoms with Gasteiger partial charge in [-0.15, -0.1) is 0 Å². The van der Waals surface area contributed by atoms with Gasteiger partial charge in [-0.25, -0.2) is 4.79 Å². The van der Waals surface area contributed by atoms with Crippen LogP contribution in [-0.4, -0.2) is 57.4 Å². The summed E-state index contributed by atoms with van der Waals surface area (Å²) >= 11 is 6.53. The summed E-state index contributed by atoms with van der Waals surface area (Å²) in [6.07, 6.45) is -4.03. The molecule has 0 bridgehead atoms. The Balaban J connectivity index is 2.15. The molecule has 2 atom stereocenters. The van der Waals surface area contributed by atoms with E-state index < -0.39 is 40.3 Å². The lowest BCUT2D eigenvalue weighted by molar-refractivity contribution is -0.250. The number of aliphatic hydroxyl groups is 1. The number of amides is 2. The highest BCUT2D eigenvalue weighted by Crippen LogP contribution is 2.54. The number of benzene rings is 1. The van der Waals surface area contributed by atoms with Crippen molar-refractivity contribution in [2.24, 2.45) is 5.41 Å². The molecule has 6 nitrogen and oxygen atoms in total. The van der Waals surface area contributed by atoms with Crippen molar-refractivity contribution in [3.8, 4) is 0 Å². The first-order valence-corrected chi connectivity index (χ1v) is 12.5. The second-order valence-corrected chi connectivity index (χ2v) is 12.4. The molecule has 36 heavy (non-hydrogen) atoms. The van der Waals surface area contributed by atoms with Crippen molar-refractivity contribution >= 4 is 23.6 Å². The number of fused-ring (bicyclic) bond motifs is 1. The van der Waals surface area contributed by atoms with Gasteiger partial charge < -0.3 is 14.7 Å². The van der Waals surface area contributed by atoms with Gasteiger partial charge in [0.05, 0.1) is 5.54 Å². The normalized spacial score (nSPS) is 22.8.